The number of imide groups is 1. The Hall–Kier alpha value is -3.72. The predicted molar refractivity (Wildman–Crippen MR) is 129 cm³/mol. The second-order valence-corrected chi connectivity index (χ2v) is 8.93. The van der Waals surface area contributed by atoms with Gasteiger partial charge in [0.1, 0.15) is 6.04 Å². The summed E-state index contributed by atoms with van der Waals surface area (Å²) in [5.41, 5.74) is 2.10. The van der Waals surface area contributed by atoms with E-state index in [1.54, 1.807) is 50.2 Å². The van der Waals surface area contributed by atoms with Crippen molar-refractivity contribution in [1.82, 2.24) is 4.90 Å². The van der Waals surface area contributed by atoms with Gasteiger partial charge >= 0.3 is 5.97 Å². The van der Waals surface area contributed by atoms with Crippen LogP contribution in [-0.2, 0) is 19.1 Å². The number of nitrogens with one attached hydrogen (secondary N) is 1. The lowest BCUT2D eigenvalue weighted by Crippen LogP contribution is -2.50. The highest BCUT2D eigenvalue weighted by Gasteiger charge is 2.45. The van der Waals surface area contributed by atoms with Crippen LogP contribution in [0.25, 0.3) is 0 Å². The van der Waals surface area contributed by atoms with Crippen molar-refractivity contribution >= 4 is 35.1 Å². The monoisotopic (exact) mass is 479 g/mol. The minimum atomic E-state index is -1.15. The molecule has 9 heteroatoms. The smallest absolute Gasteiger partial charge is 0.330 e. The van der Waals surface area contributed by atoms with Crippen LogP contribution in [0.3, 0.4) is 0 Å². The number of hydrogen-bond donors (Lipinski definition) is 1. The number of amides is 3. The van der Waals surface area contributed by atoms with Gasteiger partial charge in [0, 0.05) is 24.5 Å². The maximum atomic E-state index is 13.0. The molecule has 9 nitrogen and oxygen atoms in total. The topological polar surface area (TPSA) is 105 Å². The quantitative estimate of drug-likeness (QED) is 0.481. The summed E-state index contributed by atoms with van der Waals surface area (Å²) >= 11 is 0. The normalized spacial score (nSPS) is 17.3. The number of nitrogens with zero attached hydrogens (tertiary/aromatic N) is 2. The van der Waals surface area contributed by atoms with Gasteiger partial charge in [0.2, 0.25) is 0 Å². The first-order chi connectivity index (χ1) is 16.8. The third kappa shape index (κ3) is 5.05. The molecule has 2 heterocycles. The second-order valence-electron chi connectivity index (χ2n) is 8.93. The molecule has 1 saturated heterocycles. The Kier molecular flexibility index (Phi) is 7.16. The lowest BCUT2D eigenvalue weighted by molar-refractivity contribution is -0.158. The molecular formula is C26H29N3O6. The number of fused-ring (bicyclic) bond motifs is 1. The number of carbonyl (C=O) groups excluding carboxylic acids is 4. The molecule has 3 amide bonds. The van der Waals surface area contributed by atoms with Crippen LogP contribution in [-0.4, -0.2) is 67.0 Å². The Balaban J connectivity index is 1.39. The first kappa shape index (κ1) is 24.4. The number of hydrogen-bond acceptors (Lipinski definition) is 7. The maximum absolute atomic E-state index is 13.0. The molecular weight excluding hydrogens is 450 g/mol. The highest BCUT2D eigenvalue weighted by atomic mass is 16.5. The van der Waals surface area contributed by atoms with Gasteiger partial charge in [-0.3, -0.25) is 19.3 Å². The lowest BCUT2D eigenvalue weighted by Gasteiger charge is -2.29. The largest absolute Gasteiger partial charge is 0.451 e. The molecule has 1 N–H and O–H groups in total. The summed E-state index contributed by atoms with van der Waals surface area (Å²) in [6.07, 6.45) is -1.13. The van der Waals surface area contributed by atoms with Crippen LogP contribution >= 0.6 is 0 Å². The van der Waals surface area contributed by atoms with Crippen LogP contribution in [0.4, 0.5) is 11.4 Å². The van der Waals surface area contributed by atoms with Crippen LogP contribution in [0.2, 0.25) is 0 Å². The fourth-order valence-corrected chi connectivity index (χ4v) is 4.25. The number of benzene rings is 2. The molecule has 35 heavy (non-hydrogen) atoms. The maximum Gasteiger partial charge on any atom is 0.330 e. The average Bonchev–Trinajstić information content (AvgIpc) is 3.10. The van der Waals surface area contributed by atoms with Crippen molar-refractivity contribution in [3.8, 4) is 0 Å². The molecule has 4 rings (SSSR count). The number of esters is 1. The number of morpholine rings is 1. The van der Waals surface area contributed by atoms with Crippen molar-refractivity contribution in [1.29, 1.82) is 0 Å². The van der Waals surface area contributed by atoms with E-state index in [1.165, 1.54) is 6.92 Å². The van der Waals surface area contributed by atoms with Crippen molar-refractivity contribution in [3.63, 3.8) is 0 Å². The van der Waals surface area contributed by atoms with Gasteiger partial charge in [-0.2, -0.15) is 0 Å². The fraction of sp³-hybridized carbons (Fsp3) is 0.385. The summed E-state index contributed by atoms with van der Waals surface area (Å²) in [5.74, 6) is -2.81. The highest BCUT2D eigenvalue weighted by molar-refractivity contribution is 6.22. The van der Waals surface area contributed by atoms with E-state index in [1.807, 2.05) is 12.1 Å². The molecule has 2 aliphatic heterocycles. The SMILES string of the molecule is CC(C)[C@@H](C(=O)O[C@H](C)C(=O)Nc1ccc(N2CCOCC2)cc1)N1C(=O)c2ccccc2C1=O. The Bertz CT molecular complexity index is 1090. The van der Waals surface area contributed by atoms with Crippen LogP contribution in [0.5, 0.6) is 0 Å². The molecule has 2 aliphatic rings. The van der Waals surface area contributed by atoms with Crippen molar-refractivity contribution < 1.29 is 28.7 Å². The predicted octanol–water partition coefficient (Wildman–Crippen LogP) is 2.71. The summed E-state index contributed by atoms with van der Waals surface area (Å²) in [6, 6.07) is 12.7. The molecule has 0 aromatic heterocycles. The van der Waals surface area contributed by atoms with E-state index in [2.05, 4.69) is 10.2 Å². The molecule has 0 saturated carbocycles. The van der Waals surface area contributed by atoms with Crippen LogP contribution < -0.4 is 10.2 Å². The first-order valence-electron chi connectivity index (χ1n) is 11.7. The first-order valence-corrected chi connectivity index (χ1v) is 11.7. The van der Waals surface area contributed by atoms with Gasteiger partial charge < -0.3 is 19.7 Å². The summed E-state index contributed by atoms with van der Waals surface area (Å²) in [7, 11) is 0. The Morgan fingerprint density at radius 2 is 1.49 bits per heavy atom. The molecule has 0 bridgehead atoms. The zero-order chi connectivity index (χ0) is 25.1. The number of rotatable bonds is 7. The van der Waals surface area contributed by atoms with Crippen molar-refractivity contribution in [3.05, 3.63) is 59.7 Å². The van der Waals surface area contributed by atoms with Gasteiger partial charge in [0.05, 0.1) is 24.3 Å². The minimum absolute atomic E-state index is 0.252. The fourth-order valence-electron chi connectivity index (χ4n) is 4.25. The molecule has 0 aliphatic carbocycles. The average molecular weight is 480 g/mol. The van der Waals surface area contributed by atoms with E-state index in [-0.39, 0.29) is 11.1 Å². The van der Waals surface area contributed by atoms with E-state index >= 15 is 0 Å². The second kappa shape index (κ2) is 10.3. The van der Waals surface area contributed by atoms with Gasteiger partial charge in [0.25, 0.3) is 17.7 Å². The van der Waals surface area contributed by atoms with Crippen molar-refractivity contribution in [2.24, 2.45) is 5.92 Å². The van der Waals surface area contributed by atoms with Crippen molar-refractivity contribution in [2.45, 2.75) is 32.9 Å². The standard InChI is InChI=1S/C26H29N3O6/c1-16(2)22(29-24(31)20-6-4-5-7-21(20)25(29)32)26(33)35-17(3)23(30)27-18-8-10-19(11-9-18)28-12-14-34-15-13-28/h4-11,16-17,22H,12-15H2,1-3H3,(H,27,30)/t17-,22+/m1/s1. The van der Waals surface area contributed by atoms with Crippen LogP contribution in [0, 0.1) is 5.92 Å². The van der Waals surface area contributed by atoms with E-state index in [9.17, 15) is 19.2 Å². The third-order valence-corrected chi connectivity index (χ3v) is 6.15. The minimum Gasteiger partial charge on any atom is -0.451 e. The van der Waals surface area contributed by atoms with Crippen LogP contribution in [0.15, 0.2) is 48.5 Å². The molecule has 2 aromatic rings. The Labute approximate surface area is 204 Å². The number of carbonyl (C=O) groups is 4. The number of ether oxygens (including phenoxy) is 2. The van der Waals surface area contributed by atoms with Crippen molar-refractivity contribution in [2.75, 3.05) is 36.5 Å². The van der Waals surface area contributed by atoms with E-state index < -0.39 is 41.8 Å². The summed E-state index contributed by atoms with van der Waals surface area (Å²) in [4.78, 5) is 54.6. The Morgan fingerprint density at radius 1 is 0.914 bits per heavy atom. The molecule has 1 fully saturated rings. The van der Waals surface area contributed by atoms with Gasteiger partial charge in [0.15, 0.2) is 6.10 Å². The van der Waals surface area contributed by atoms with E-state index in [0.29, 0.717) is 18.9 Å². The summed E-state index contributed by atoms with van der Waals surface area (Å²) < 4.78 is 10.8. The molecule has 2 atom stereocenters. The summed E-state index contributed by atoms with van der Waals surface area (Å²) in [5, 5.41) is 2.74. The van der Waals surface area contributed by atoms with E-state index in [4.69, 9.17) is 9.47 Å². The van der Waals surface area contributed by atoms with Gasteiger partial charge in [-0.1, -0.05) is 26.0 Å². The zero-order valence-electron chi connectivity index (χ0n) is 20.0. The highest BCUT2D eigenvalue weighted by Crippen LogP contribution is 2.28. The number of anilines is 2. The van der Waals surface area contributed by atoms with Gasteiger partial charge in [-0.05, 0) is 49.2 Å². The van der Waals surface area contributed by atoms with Gasteiger partial charge in [-0.25, -0.2) is 4.79 Å². The Morgan fingerprint density at radius 3 is 2.03 bits per heavy atom. The molecule has 184 valence electrons. The molecule has 0 unspecified atom stereocenters. The molecule has 0 radical (unpaired) electrons. The van der Waals surface area contributed by atoms with Gasteiger partial charge in [-0.15, -0.1) is 0 Å². The lowest BCUT2D eigenvalue weighted by atomic mass is 10.0. The third-order valence-electron chi connectivity index (χ3n) is 6.15. The zero-order valence-corrected chi connectivity index (χ0v) is 20.0. The summed E-state index contributed by atoms with van der Waals surface area (Å²) in [6.45, 7) is 7.87. The van der Waals surface area contributed by atoms with Crippen LogP contribution in [0.1, 0.15) is 41.5 Å². The van der Waals surface area contributed by atoms with E-state index in [0.717, 1.165) is 23.7 Å². The molecule has 2 aromatic carbocycles. The molecule has 0 spiro atoms.